The number of ether oxygens (including phenoxy) is 1. The molecule has 1 aliphatic heterocycles. The van der Waals surface area contributed by atoms with Crippen LogP contribution >= 0.6 is 0 Å². The van der Waals surface area contributed by atoms with E-state index in [1.54, 1.807) is 12.3 Å². The lowest BCUT2D eigenvalue weighted by molar-refractivity contribution is -0.136. The quantitative estimate of drug-likeness (QED) is 0.575. The van der Waals surface area contributed by atoms with Crippen molar-refractivity contribution in [3.05, 3.63) is 23.9 Å². The summed E-state index contributed by atoms with van der Waals surface area (Å²) >= 11 is 0. The second-order valence-corrected chi connectivity index (χ2v) is 3.48. The van der Waals surface area contributed by atoms with Gasteiger partial charge in [-0.3, -0.25) is 4.99 Å². The lowest BCUT2D eigenvalue weighted by Crippen LogP contribution is -2.09. The Morgan fingerprint density at radius 1 is 1.54 bits per heavy atom. The second kappa shape index (κ2) is 3.56. The smallest absolute Gasteiger partial charge is 0.356 e. The number of hydrogen-bond donors (Lipinski definition) is 0. The van der Waals surface area contributed by atoms with Crippen LogP contribution in [0.4, 0.5) is 0 Å². The van der Waals surface area contributed by atoms with Gasteiger partial charge >= 0.3 is 5.97 Å². The topological polar surface area (TPSA) is 38.7 Å². The highest BCUT2D eigenvalue weighted by atomic mass is 16.5. The Hall–Kier alpha value is -1.38. The number of nitrogens with zero attached hydrogens (tertiary/aromatic N) is 1. The lowest BCUT2D eigenvalue weighted by Gasteiger charge is -2.10. The Balaban J connectivity index is 2.89. The van der Waals surface area contributed by atoms with Gasteiger partial charge in [0, 0.05) is 11.6 Å². The van der Waals surface area contributed by atoms with Crippen LogP contribution in [0, 0.1) is 5.41 Å². The monoisotopic (exact) mass is 179 g/mol. The predicted octanol–water partition coefficient (Wildman–Crippen LogP) is 1.71. The van der Waals surface area contributed by atoms with E-state index >= 15 is 0 Å². The van der Waals surface area contributed by atoms with Gasteiger partial charge in [-0.25, -0.2) is 4.79 Å². The van der Waals surface area contributed by atoms with Gasteiger partial charge in [0.25, 0.3) is 0 Å². The number of aliphatic imine (C=N–C) groups is 1. The third-order valence-electron chi connectivity index (χ3n) is 1.71. The van der Waals surface area contributed by atoms with Crippen LogP contribution in [0.5, 0.6) is 0 Å². The fourth-order valence-corrected chi connectivity index (χ4v) is 0.935. The largest absolute Gasteiger partial charge is 0.464 e. The molecule has 1 heterocycles. The third kappa shape index (κ3) is 2.54. The molecule has 0 fully saturated rings. The number of allylic oxidation sites excluding steroid dienone is 3. The summed E-state index contributed by atoms with van der Waals surface area (Å²) < 4.78 is 4.56. The first-order valence-electron chi connectivity index (χ1n) is 4.08. The third-order valence-corrected chi connectivity index (χ3v) is 1.71. The van der Waals surface area contributed by atoms with Crippen molar-refractivity contribution in [1.82, 2.24) is 0 Å². The zero-order valence-corrected chi connectivity index (χ0v) is 8.07. The standard InChI is InChI=1S/C10H13NO2/c1-10(2)6-4-5-8(11-7-10)9(12)13-3/h4-7H,1-3H3. The van der Waals surface area contributed by atoms with Gasteiger partial charge in [-0.05, 0) is 6.08 Å². The van der Waals surface area contributed by atoms with E-state index in [9.17, 15) is 4.79 Å². The van der Waals surface area contributed by atoms with Crippen LogP contribution in [0.15, 0.2) is 28.9 Å². The van der Waals surface area contributed by atoms with Crippen LogP contribution in [0.1, 0.15) is 13.8 Å². The van der Waals surface area contributed by atoms with Crippen molar-refractivity contribution in [3.8, 4) is 0 Å². The molecule has 0 amide bonds. The number of esters is 1. The van der Waals surface area contributed by atoms with Gasteiger partial charge in [0.05, 0.1) is 7.11 Å². The summed E-state index contributed by atoms with van der Waals surface area (Å²) in [6, 6.07) is 0. The fourth-order valence-electron chi connectivity index (χ4n) is 0.935. The van der Waals surface area contributed by atoms with E-state index in [0.29, 0.717) is 5.70 Å². The minimum atomic E-state index is -0.404. The van der Waals surface area contributed by atoms with Crippen LogP contribution < -0.4 is 0 Å². The zero-order valence-electron chi connectivity index (χ0n) is 8.07. The Bertz CT molecular complexity index is 298. The van der Waals surface area contributed by atoms with Gasteiger partial charge < -0.3 is 4.74 Å². The summed E-state index contributed by atoms with van der Waals surface area (Å²) in [4.78, 5) is 15.1. The minimum absolute atomic E-state index is 0.105. The Kier molecular flexibility index (Phi) is 2.66. The summed E-state index contributed by atoms with van der Waals surface area (Å²) in [5, 5.41) is 0. The van der Waals surface area contributed by atoms with Crippen LogP contribution in [0.2, 0.25) is 0 Å². The molecule has 0 radical (unpaired) electrons. The van der Waals surface area contributed by atoms with E-state index in [1.165, 1.54) is 7.11 Å². The van der Waals surface area contributed by atoms with E-state index in [4.69, 9.17) is 0 Å². The van der Waals surface area contributed by atoms with Crippen molar-refractivity contribution in [1.29, 1.82) is 0 Å². The molecule has 0 aromatic carbocycles. The highest BCUT2D eigenvalue weighted by Gasteiger charge is 2.14. The molecule has 70 valence electrons. The average Bonchev–Trinajstić information content (AvgIpc) is 2.25. The zero-order chi connectivity index (χ0) is 9.90. The first-order valence-corrected chi connectivity index (χ1v) is 4.08. The predicted molar refractivity (Wildman–Crippen MR) is 51.5 cm³/mol. The molecule has 0 bridgehead atoms. The lowest BCUT2D eigenvalue weighted by atomic mass is 9.95. The Labute approximate surface area is 77.8 Å². The summed E-state index contributed by atoms with van der Waals surface area (Å²) in [5.41, 5.74) is 0.232. The van der Waals surface area contributed by atoms with Gasteiger partial charge in [0.15, 0.2) is 0 Å². The highest BCUT2D eigenvalue weighted by Crippen LogP contribution is 2.18. The van der Waals surface area contributed by atoms with Crippen LogP contribution in [-0.2, 0) is 9.53 Å². The summed E-state index contributed by atoms with van der Waals surface area (Å²) in [7, 11) is 1.35. The Morgan fingerprint density at radius 2 is 2.23 bits per heavy atom. The number of hydrogen-bond acceptors (Lipinski definition) is 3. The second-order valence-electron chi connectivity index (χ2n) is 3.48. The molecular weight excluding hydrogens is 166 g/mol. The van der Waals surface area contributed by atoms with Crippen molar-refractivity contribution >= 4 is 12.2 Å². The highest BCUT2D eigenvalue weighted by molar-refractivity contribution is 5.91. The average molecular weight is 179 g/mol. The molecule has 3 heteroatoms. The number of rotatable bonds is 1. The van der Waals surface area contributed by atoms with Crippen molar-refractivity contribution in [2.45, 2.75) is 13.8 Å². The van der Waals surface area contributed by atoms with Crippen LogP contribution in [0.3, 0.4) is 0 Å². The summed E-state index contributed by atoms with van der Waals surface area (Å²) in [5.74, 6) is -0.404. The molecule has 0 unspecified atom stereocenters. The van der Waals surface area contributed by atoms with Gasteiger partial charge in [0.2, 0.25) is 0 Å². The number of methoxy groups -OCH3 is 1. The van der Waals surface area contributed by atoms with E-state index in [1.807, 2.05) is 26.0 Å². The minimum Gasteiger partial charge on any atom is -0.464 e. The maximum absolute atomic E-state index is 11.1. The molecule has 0 aliphatic carbocycles. The van der Waals surface area contributed by atoms with E-state index in [2.05, 4.69) is 9.73 Å². The molecule has 3 nitrogen and oxygen atoms in total. The van der Waals surface area contributed by atoms with Crippen molar-refractivity contribution in [3.63, 3.8) is 0 Å². The molecule has 13 heavy (non-hydrogen) atoms. The number of carbonyl (C=O) groups is 1. The first kappa shape index (κ1) is 9.71. The Morgan fingerprint density at radius 3 is 2.85 bits per heavy atom. The molecule has 0 saturated heterocycles. The van der Waals surface area contributed by atoms with Crippen molar-refractivity contribution < 1.29 is 9.53 Å². The van der Waals surface area contributed by atoms with Crippen LogP contribution in [-0.4, -0.2) is 19.3 Å². The molecule has 0 saturated carbocycles. The summed E-state index contributed by atoms with van der Waals surface area (Å²) in [6.45, 7) is 4.03. The molecule has 0 N–H and O–H groups in total. The number of carbonyl (C=O) groups excluding carboxylic acids is 1. The van der Waals surface area contributed by atoms with Crippen LogP contribution in [0.25, 0.3) is 0 Å². The molecule has 0 aromatic rings. The molecule has 0 atom stereocenters. The van der Waals surface area contributed by atoms with Gasteiger partial charge in [-0.2, -0.15) is 0 Å². The molecule has 0 aromatic heterocycles. The van der Waals surface area contributed by atoms with E-state index in [0.717, 1.165) is 0 Å². The normalized spacial score (nSPS) is 19.2. The molecule has 1 aliphatic rings. The maximum atomic E-state index is 11.1. The molecule has 1 rings (SSSR count). The van der Waals surface area contributed by atoms with Crippen molar-refractivity contribution in [2.75, 3.05) is 7.11 Å². The molecule has 0 spiro atoms. The van der Waals surface area contributed by atoms with Crippen molar-refractivity contribution in [2.24, 2.45) is 10.4 Å². The van der Waals surface area contributed by atoms with Gasteiger partial charge in [-0.15, -0.1) is 0 Å². The SMILES string of the molecule is COC(=O)C1=CC=CC(C)(C)C=N1. The van der Waals surface area contributed by atoms with E-state index in [-0.39, 0.29) is 5.41 Å². The maximum Gasteiger partial charge on any atom is 0.356 e. The van der Waals surface area contributed by atoms with Gasteiger partial charge in [0.1, 0.15) is 5.70 Å². The summed E-state index contributed by atoms with van der Waals surface area (Å²) in [6.07, 6.45) is 7.18. The van der Waals surface area contributed by atoms with E-state index < -0.39 is 5.97 Å². The van der Waals surface area contributed by atoms with Gasteiger partial charge in [-0.1, -0.05) is 26.0 Å². The first-order chi connectivity index (χ1) is 6.05. The molecular formula is C10H13NO2. The fraction of sp³-hybridized carbons (Fsp3) is 0.400.